The van der Waals surface area contributed by atoms with Gasteiger partial charge in [0.05, 0.1) is 29.7 Å². The largest absolute Gasteiger partial charge is 0.497 e. The molecule has 30 heavy (non-hydrogen) atoms. The van der Waals surface area contributed by atoms with Crippen molar-refractivity contribution < 1.29 is 14.4 Å². The number of benzene rings is 2. The second-order valence-electron chi connectivity index (χ2n) is 6.27. The normalized spacial score (nSPS) is 10.8. The quantitative estimate of drug-likeness (QED) is 0.190. The fraction of sp³-hybridized carbons (Fsp3) is 0.143. The number of hydrogen-bond donors (Lipinski definition) is 1. The first-order valence-corrected chi connectivity index (χ1v) is 10.1. The van der Waals surface area contributed by atoms with Gasteiger partial charge in [-0.15, -0.1) is 11.8 Å². The number of non-ortho nitro benzene ring substituents is 1. The van der Waals surface area contributed by atoms with Crippen molar-refractivity contribution in [2.24, 2.45) is 0 Å². The van der Waals surface area contributed by atoms with Gasteiger partial charge < -0.3 is 14.5 Å². The summed E-state index contributed by atoms with van der Waals surface area (Å²) in [6.45, 7) is 0.445. The molecule has 0 aliphatic rings. The number of imidazole rings is 1. The molecule has 0 aliphatic heterocycles. The topological polar surface area (TPSA) is 103 Å². The Hall–Kier alpha value is -3.59. The summed E-state index contributed by atoms with van der Waals surface area (Å²) in [5.74, 6) is 2.68. The van der Waals surface area contributed by atoms with Crippen molar-refractivity contribution in [2.45, 2.75) is 4.90 Å². The summed E-state index contributed by atoms with van der Waals surface area (Å²) in [5.41, 5.74) is 2.39. The molecule has 0 unspecified atom stereocenters. The lowest BCUT2D eigenvalue weighted by atomic mass is 10.2. The van der Waals surface area contributed by atoms with Gasteiger partial charge in [0.1, 0.15) is 17.3 Å². The second-order valence-corrected chi connectivity index (χ2v) is 7.44. The number of hydrogen-bond acceptors (Lipinski definition) is 7. The number of nitrogens with one attached hydrogen (secondary N) is 1. The zero-order valence-electron chi connectivity index (χ0n) is 16.1. The van der Waals surface area contributed by atoms with Crippen LogP contribution in [0.5, 0.6) is 11.5 Å². The molecule has 0 spiro atoms. The number of H-pyrrole nitrogens is 1. The van der Waals surface area contributed by atoms with Gasteiger partial charge in [0.2, 0.25) is 0 Å². The van der Waals surface area contributed by atoms with Crippen LogP contribution in [0, 0.1) is 10.1 Å². The number of fused-ring (bicyclic) bond motifs is 1. The number of nitrogens with zero attached hydrogens (tertiary/aromatic N) is 3. The summed E-state index contributed by atoms with van der Waals surface area (Å²) in [4.78, 5) is 23.4. The Morgan fingerprint density at radius 3 is 2.73 bits per heavy atom. The highest BCUT2D eigenvalue weighted by atomic mass is 32.2. The van der Waals surface area contributed by atoms with Gasteiger partial charge in [-0.05, 0) is 36.4 Å². The lowest BCUT2D eigenvalue weighted by molar-refractivity contribution is -0.384. The summed E-state index contributed by atoms with van der Waals surface area (Å²) in [6, 6.07) is 15.8. The van der Waals surface area contributed by atoms with E-state index >= 15 is 0 Å². The van der Waals surface area contributed by atoms with Crippen LogP contribution in [0.3, 0.4) is 0 Å². The van der Waals surface area contributed by atoms with Crippen LogP contribution in [0.25, 0.3) is 22.6 Å². The van der Waals surface area contributed by atoms with Gasteiger partial charge in [0.25, 0.3) is 5.69 Å². The minimum atomic E-state index is -0.407. The van der Waals surface area contributed by atoms with Gasteiger partial charge in [-0.2, -0.15) is 0 Å². The minimum absolute atomic E-state index is 0.0805. The molecule has 4 rings (SSSR count). The monoisotopic (exact) mass is 422 g/mol. The zero-order chi connectivity index (χ0) is 20.9. The average molecular weight is 422 g/mol. The summed E-state index contributed by atoms with van der Waals surface area (Å²) >= 11 is 1.56. The SMILES string of the molecule is COc1ccc(-c2nc3ncccc3[nH]2)c(OCCSc2ccc([N+](=O)[O-])cc2)c1. The van der Waals surface area contributed by atoms with Crippen LogP contribution >= 0.6 is 11.8 Å². The van der Waals surface area contributed by atoms with E-state index in [9.17, 15) is 10.1 Å². The third-order valence-corrected chi connectivity index (χ3v) is 5.33. The highest BCUT2D eigenvalue weighted by molar-refractivity contribution is 7.99. The van der Waals surface area contributed by atoms with Crippen LogP contribution in [0.4, 0.5) is 5.69 Å². The molecule has 0 saturated heterocycles. The number of rotatable bonds is 8. The molecule has 152 valence electrons. The average Bonchev–Trinajstić information content (AvgIpc) is 3.21. The van der Waals surface area contributed by atoms with E-state index in [4.69, 9.17) is 9.47 Å². The molecule has 0 fully saturated rings. The van der Waals surface area contributed by atoms with Gasteiger partial charge in [-0.3, -0.25) is 10.1 Å². The lowest BCUT2D eigenvalue weighted by Gasteiger charge is -2.12. The first kappa shape index (κ1) is 19.7. The Bertz CT molecular complexity index is 1140. The van der Waals surface area contributed by atoms with Crippen molar-refractivity contribution in [3.05, 3.63) is 70.9 Å². The first-order valence-electron chi connectivity index (χ1n) is 9.13. The van der Waals surface area contributed by atoms with E-state index in [2.05, 4.69) is 15.0 Å². The molecule has 2 aromatic carbocycles. The predicted molar refractivity (Wildman–Crippen MR) is 115 cm³/mol. The summed E-state index contributed by atoms with van der Waals surface area (Å²) < 4.78 is 11.4. The van der Waals surface area contributed by atoms with Crippen LogP contribution in [0.1, 0.15) is 0 Å². The lowest BCUT2D eigenvalue weighted by Crippen LogP contribution is -2.02. The molecule has 1 N–H and O–H groups in total. The van der Waals surface area contributed by atoms with Gasteiger partial charge in [0, 0.05) is 35.0 Å². The second kappa shape index (κ2) is 8.83. The molecule has 0 aliphatic carbocycles. The summed E-state index contributed by atoms with van der Waals surface area (Å²) in [5, 5.41) is 10.7. The Balaban J connectivity index is 1.46. The summed E-state index contributed by atoms with van der Waals surface area (Å²) in [7, 11) is 1.61. The van der Waals surface area contributed by atoms with Crippen LogP contribution in [0.15, 0.2) is 65.7 Å². The smallest absolute Gasteiger partial charge is 0.269 e. The van der Waals surface area contributed by atoms with E-state index in [-0.39, 0.29) is 5.69 Å². The van der Waals surface area contributed by atoms with Crippen molar-refractivity contribution in [3.63, 3.8) is 0 Å². The number of thioether (sulfide) groups is 1. The third kappa shape index (κ3) is 4.36. The first-order chi connectivity index (χ1) is 14.6. The number of nitro benzene ring substituents is 1. The van der Waals surface area contributed by atoms with Crippen LogP contribution < -0.4 is 9.47 Å². The van der Waals surface area contributed by atoms with Gasteiger partial charge >= 0.3 is 0 Å². The van der Waals surface area contributed by atoms with E-state index in [1.54, 1.807) is 37.2 Å². The number of nitro groups is 1. The Kier molecular flexibility index (Phi) is 5.80. The molecular weight excluding hydrogens is 404 g/mol. The molecule has 8 nitrogen and oxygen atoms in total. The van der Waals surface area contributed by atoms with Crippen molar-refractivity contribution in [1.29, 1.82) is 0 Å². The predicted octanol–water partition coefficient (Wildman–Crippen LogP) is 4.71. The number of pyridine rings is 1. The van der Waals surface area contributed by atoms with Crippen molar-refractivity contribution >= 4 is 28.6 Å². The van der Waals surface area contributed by atoms with Crippen LogP contribution in [-0.2, 0) is 0 Å². The molecule has 4 aromatic rings. The van der Waals surface area contributed by atoms with Gasteiger partial charge in [-0.1, -0.05) is 0 Å². The highest BCUT2D eigenvalue weighted by Gasteiger charge is 2.13. The maximum atomic E-state index is 10.7. The number of ether oxygens (including phenoxy) is 2. The maximum Gasteiger partial charge on any atom is 0.269 e. The number of aromatic nitrogens is 3. The van der Waals surface area contributed by atoms with E-state index in [1.807, 2.05) is 30.3 Å². The van der Waals surface area contributed by atoms with Crippen LogP contribution in [0.2, 0.25) is 0 Å². The standard InChI is InChI=1S/C21H18N4O4S/c1-28-15-6-9-17(20-23-18-3-2-10-22-21(18)24-20)19(13-15)29-11-12-30-16-7-4-14(5-8-16)25(26)27/h2-10,13H,11-12H2,1H3,(H,22,23,24). The van der Waals surface area contributed by atoms with Gasteiger partial charge in [-0.25, -0.2) is 9.97 Å². The third-order valence-electron chi connectivity index (χ3n) is 4.36. The Morgan fingerprint density at radius 2 is 2.00 bits per heavy atom. The molecule has 9 heteroatoms. The zero-order valence-corrected chi connectivity index (χ0v) is 16.9. The molecule has 0 atom stereocenters. The molecule has 0 amide bonds. The van der Waals surface area contributed by atoms with Crippen molar-refractivity contribution in [2.75, 3.05) is 19.5 Å². The fourth-order valence-corrected chi connectivity index (χ4v) is 3.62. The number of methoxy groups -OCH3 is 1. The van der Waals surface area contributed by atoms with E-state index in [0.717, 1.165) is 16.0 Å². The maximum absolute atomic E-state index is 10.7. The molecule has 0 radical (unpaired) electrons. The van der Waals surface area contributed by atoms with Crippen molar-refractivity contribution in [3.8, 4) is 22.9 Å². The molecule has 0 saturated carbocycles. The van der Waals surface area contributed by atoms with E-state index < -0.39 is 4.92 Å². The fourth-order valence-electron chi connectivity index (χ4n) is 2.89. The minimum Gasteiger partial charge on any atom is -0.497 e. The Morgan fingerprint density at radius 1 is 1.17 bits per heavy atom. The van der Waals surface area contributed by atoms with E-state index in [1.165, 1.54) is 12.1 Å². The Labute approximate surface area is 176 Å². The van der Waals surface area contributed by atoms with Crippen molar-refractivity contribution in [1.82, 2.24) is 15.0 Å². The molecule has 0 bridgehead atoms. The molecule has 2 aromatic heterocycles. The molecule has 2 heterocycles. The van der Waals surface area contributed by atoms with E-state index in [0.29, 0.717) is 35.3 Å². The van der Waals surface area contributed by atoms with Crippen LogP contribution in [-0.4, -0.2) is 39.3 Å². The summed E-state index contributed by atoms with van der Waals surface area (Å²) in [6.07, 6.45) is 1.70. The molecular formula is C21H18N4O4S. The number of aromatic amines is 1. The van der Waals surface area contributed by atoms with Gasteiger partial charge in [0.15, 0.2) is 5.65 Å². The highest BCUT2D eigenvalue weighted by Crippen LogP contribution is 2.33.